The van der Waals surface area contributed by atoms with Crippen molar-refractivity contribution < 1.29 is 24.0 Å². The number of carbonyl (C=O) groups excluding carboxylic acids is 2. The Morgan fingerprint density at radius 3 is 2.55 bits per heavy atom. The number of aromatic nitrogens is 2. The summed E-state index contributed by atoms with van der Waals surface area (Å²) in [6, 6.07) is 10.6. The van der Waals surface area contributed by atoms with Gasteiger partial charge < -0.3 is 14.8 Å². The Morgan fingerprint density at radius 2 is 1.88 bits per heavy atom. The summed E-state index contributed by atoms with van der Waals surface area (Å²) in [5.41, 5.74) is 1.35. The molecule has 0 unspecified atom stereocenters. The number of ether oxygens (including phenoxy) is 2. The Kier molecular flexibility index (Phi) is 7.92. The van der Waals surface area contributed by atoms with E-state index in [1.54, 1.807) is 36.7 Å². The number of rotatable bonds is 10. The van der Waals surface area contributed by atoms with Gasteiger partial charge in [0.05, 0.1) is 23.8 Å². The monoisotopic (exact) mass is 468 g/mol. The topological polar surface area (TPSA) is 134 Å². The molecule has 33 heavy (non-hydrogen) atoms. The molecule has 0 spiro atoms. The molecule has 0 saturated heterocycles. The van der Waals surface area contributed by atoms with Crippen molar-refractivity contribution in [2.75, 3.05) is 19.0 Å². The quantitative estimate of drug-likeness (QED) is 0.154. The van der Waals surface area contributed by atoms with Crippen LogP contribution in [0.3, 0.4) is 0 Å². The second-order valence-corrected chi connectivity index (χ2v) is 7.62. The van der Waals surface area contributed by atoms with Crippen LogP contribution in [-0.4, -0.2) is 40.3 Å². The fourth-order valence-electron chi connectivity index (χ4n) is 2.78. The minimum Gasteiger partial charge on any atom is -0.494 e. The summed E-state index contributed by atoms with van der Waals surface area (Å²) in [4.78, 5) is 42.9. The number of Topliss-reactive ketones (excluding diaryl/α,β-unsaturated/α-hetero) is 1. The number of ketones is 1. The van der Waals surface area contributed by atoms with Crippen LogP contribution >= 0.6 is 11.8 Å². The molecule has 0 radical (unpaired) electrons. The highest BCUT2D eigenvalue weighted by atomic mass is 32.2. The summed E-state index contributed by atoms with van der Waals surface area (Å²) in [6.45, 7) is 1.15. The van der Waals surface area contributed by atoms with Crippen molar-refractivity contribution in [3.8, 4) is 11.5 Å². The zero-order valence-corrected chi connectivity index (χ0v) is 18.6. The van der Waals surface area contributed by atoms with Gasteiger partial charge in [0.25, 0.3) is 11.6 Å². The molecular weight excluding hydrogens is 448 g/mol. The maximum absolute atomic E-state index is 12.4. The van der Waals surface area contributed by atoms with Crippen LogP contribution in [0.25, 0.3) is 0 Å². The van der Waals surface area contributed by atoms with Crippen molar-refractivity contribution in [1.82, 2.24) is 9.97 Å². The van der Waals surface area contributed by atoms with Gasteiger partial charge in [-0.25, -0.2) is 9.97 Å². The van der Waals surface area contributed by atoms with Crippen LogP contribution in [0.5, 0.6) is 11.5 Å². The van der Waals surface area contributed by atoms with Crippen molar-refractivity contribution in [2.45, 2.75) is 17.8 Å². The zero-order valence-electron chi connectivity index (χ0n) is 17.8. The summed E-state index contributed by atoms with van der Waals surface area (Å²) in [6.07, 6.45) is 3.27. The van der Waals surface area contributed by atoms with Crippen LogP contribution in [-0.2, 0) is 10.5 Å². The standard InChI is InChI=1S/C22H20N4O6S/c1-14(27)15-4-7-19(16(10-15)13-33-22-23-8-3-9-24-22)32-12-21(28)25-18-6-5-17(26(29)30)11-20(18)31-2/h3-11H,12-13H2,1-2H3,(H,25,28). The summed E-state index contributed by atoms with van der Waals surface area (Å²) < 4.78 is 10.8. The lowest BCUT2D eigenvalue weighted by Crippen LogP contribution is -2.21. The molecular formula is C22H20N4O6S. The fraction of sp³-hybridized carbons (Fsp3) is 0.182. The molecule has 1 aromatic heterocycles. The second-order valence-electron chi connectivity index (χ2n) is 6.68. The number of nitro groups is 1. The molecule has 1 amide bonds. The van der Waals surface area contributed by atoms with Crippen LogP contribution in [0.2, 0.25) is 0 Å². The van der Waals surface area contributed by atoms with E-state index in [9.17, 15) is 19.7 Å². The summed E-state index contributed by atoms with van der Waals surface area (Å²) in [5, 5.41) is 14.1. The van der Waals surface area contributed by atoms with Crippen LogP contribution in [0.1, 0.15) is 22.8 Å². The van der Waals surface area contributed by atoms with Crippen LogP contribution in [0, 0.1) is 10.1 Å². The van der Waals surface area contributed by atoms with E-state index in [-0.39, 0.29) is 29.5 Å². The van der Waals surface area contributed by atoms with Crippen LogP contribution < -0.4 is 14.8 Å². The molecule has 10 nitrogen and oxygen atoms in total. The van der Waals surface area contributed by atoms with Gasteiger partial charge in [0.15, 0.2) is 17.5 Å². The maximum Gasteiger partial charge on any atom is 0.273 e. The number of benzene rings is 2. The van der Waals surface area contributed by atoms with Crippen molar-refractivity contribution >= 4 is 34.8 Å². The highest BCUT2D eigenvalue weighted by Crippen LogP contribution is 2.30. The molecule has 3 aromatic rings. The van der Waals surface area contributed by atoms with Gasteiger partial charge in [0.2, 0.25) is 0 Å². The Labute approximate surface area is 193 Å². The molecule has 1 N–H and O–H groups in total. The van der Waals surface area contributed by atoms with Gasteiger partial charge in [-0.3, -0.25) is 19.7 Å². The predicted octanol–water partition coefficient (Wildman–Crippen LogP) is 3.91. The third-order valence-electron chi connectivity index (χ3n) is 4.39. The third kappa shape index (κ3) is 6.50. The highest BCUT2D eigenvalue weighted by Gasteiger charge is 2.15. The lowest BCUT2D eigenvalue weighted by Gasteiger charge is -2.13. The molecule has 0 aliphatic carbocycles. The first-order valence-corrected chi connectivity index (χ1v) is 10.6. The summed E-state index contributed by atoms with van der Waals surface area (Å²) in [7, 11) is 1.35. The molecule has 11 heteroatoms. The molecule has 1 heterocycles. The van der Waals surface area contributed by atoms with E-state index in [4.69, 9.17) is 9.47 Å². The average Bonchev–Trinajstić information content (AvgIpc) is 2.82. The molecule has 3 rings (SSSR count). The average molecular weight is 468 g/mol. The first-order chi connectivity index (χ1) is 15.9. The van der Waals surface area contributed by atoms with Gasteiger partial charge in [-0.1, -0.05) is 11.8 Å². The minimum atomic E-state index is -0.554. The van der Waals surface area contributed by atoms with Gasteiger partial charge in [-0.2, -0.15) is 0 Å². The number of hydrogen-bond donors (Lipinski definition) is 1. The number of carbonyl (C=O) groups is 2. The van der Waals surface area contributed by atoms with Crippen molar-refractivity contribution in [1.29, 1.82) is 0 Å². The van der Waals surface area contributed by atoms with Gasteiger partial charge in [-0.05, 0) is 37.3 Å². The Hall–Kier alpha value is -3.99. The number of nitrogens with one attached hydrogen (secondary N) is 1. The molecule has 0 atom stereocenters. The molecule has 0 bridgehead atoms. The van der Waals surface area contributed by atoms with Crippen LogP contribution in [0.15, 0.2) is 60.0 Å². The molecule has 2 aromatic carbocycles. The lowest BCUT2D eigenvalue weighted by atomic mass is 10.1. The normalized spacial score (nSPS) is 10.4. The minimum absolute atomic E-state index is 0.0910. The van der Waals surface area contributed by atoms with E-state index in [0.29, 0.717) is 27.8 Å². The maximum atomic E-state index is 12.4. The molecule has 0 aliphatic heterocycles. The largest absolute Gasteiger partial charge is 0.494 e. The van der Waals surface area contributed by atoms with E-state index >= 15 is 0 Å². The number of amides is 1. The molecule has 0 aliphatic rings. The van der Waals surface area contributed by atoms with Crippen molar-refractivity contribution in [2.24, 2.45) is 0 Å². The molecule has 170 valence electrons. The summed E-state index contributed by atoms with van der Waals surface area (Å²) >= 11 is 1.37. The van der Waals surface area contributed by atoms with E-state index < -0.39 is 10.8 Å². The van der Waals surface area contributed by atoms with E-state index in [1.807, 2.05) is 0 Å². The van der Waals surface area contributed by atoms with E-state index in [1.165, 1.54) is 44.0 Å². The lowest BCUT2D eigenvalue weighted by molar-refractivity contribution is -0.384. The highest BCUT2D eigenvalue weighted by molar-refractivity contribution is 7.98. The third-order valence-corrected chi connectivity index (χ3v) is 5.32. The Balaban J connectivity index is 1.70. The molecule has 0 fully saturated rings. The van der Waals surface area contributed by atoms with Gasteiger partial charge in [0.1, 0.15) is 11.5 Å². The first kappa shape index (κ1) is 23.7. The number of thioether (sulfide) groups is 1. The Morgan fingerprint density at radius 1 is 1.12 bits per heavy atom. The number of anilines is 1. The van der Waals surface area contributed by atoms with Crippen molar-refractivity contribution in [3.63, 3.8) is 0 Å². The summed E-state index contributed by atoms with van der Waals surface area (Å²) in [5.74, 6) is 0.449. The van der Waals surface area contributed by atoms with Crippen molar-refractivity contribution in [3.05, 3.63) is 76.1 Å². The van der Waals surface area contributed by atoms with Gasteiger partial charge >= 0.3 is 0 Å². The van der Waals surface area contributed by atoms with Gasteiger partial charge in [-0.15, -0.1) is 0 Å². The number of nitrogens with zero attached hydrogens (tertiary/aromatic N) is 3. The first-order valence-electron chi connectivity index (χ1n) is 9.66. The number of hydrogen-bond acceptors (Lipinski definition) is 9. The van der Waals surface area contributed by atoms with Gasteiger partial charge in [0, 0.05) is 35.3 Å². The second kappa shape index (κ2) is 11.0. The predicted molar refractivity (Wildman–Crippen MR) is 122 cm³/mol. The number of non-ortho nitro benzene ring substituents is 1. The smallest absolute Gasteiger partial charge is 0.273 e. The van der Waals surface area contributed by atoms with E-state index in [2.05, 4.69) is 15.3 Å². The van der Waals surface area contributed by atoms with Crippen LogP contribution in [0.4, 0.5) is 11.4 Å². The molecule has 0 saturated carbocycles. The number of methoxy groups -OCH3 is 1. The number of nitro benzene ring substituents is 1. The van der Waals surface area contributed by atoms with E-state index in [0.717, 1.165) is 0 Å². The fourth-order valence-corrected chi connectivity index (χ4v) is 3.56. The Bertz CT molecular complexity index is 1170. The zero-order chi connectivity index (χ0) is 23.8. The SMILES string of the molecule is COc1cc([N+](=O)[O-])ccc1NC(=O)COc1ccc(C(C)=O)cc1CSc1ncccn1.